The second-order valence-corrected chi connectivity index (χ2v) is 5.44. The van der Waals surface area contributed by atoms with Crippen LogP contribution in [0.15, 0.2) is 24.3 Å². The molecule has 1 aromatic rings. The van der Waals surface area contributed by atoms with Crippen molar-refractivity contribution >= 4 is 0 Å². The number of hydrogen-bond acceptors (Lipinski definition) is 3. The summed E-state index contributed by atoms with van der Waals surface area (Å²) in [4.78, 5) is 0. The SMILES string of the molecule is CCNCCc1ccc(COCCOCC(C)C)cc1. The maximum absolute atomic E-state index is 5.60. The van der Waals surface area contributed by atoms with Gasteiger partial charge in [0.15, 0.2) is 0 Å². The second kappa shape index (κ2) is 10.8. The molecule has 0 aromatic heterocycles. The van der Waals surface area contributed by atoms with Crippen molar-refractivity contribution in [1.82, 2.24) is 5.32 Å². The highest BCUT2D eigenvalue weighted by molar-refractivity contribution is 5.22. The Kier molecular flexibility index (Phi) is 9.29. The first-order valence-corrected chi connectivity index (χ1v) is 7.66. The Morgan fingerprint density at radius 2 is 1.65 bits per heavy atom. The lowest BCUT2D eigenvalue weighted by molar-refractivity contribution is 0.0314. The van der Waals surface area contributed by atoms with E-state index in [9.17, 15) is 0 Å². The van der Waals surface area contributed by atoms with Gasteiger partial charge in [-0.3, -0.25) is 0 Å². The summed E-state index contributed by atoms with van der Waals surface area (Å²) in [6.07, 6.45) is 1.08. The summed E-state index contributed by atoms with van der Waals surface area (Å²) in [5, 5.41) is 3.33. The first-order chi connectivity index (χ1) is 9.72. The average molecular weight is 279 g/mol. The minimum Gasteiger partial charge on any atom is -0.379 e. The molecule has 3 nitrogen and oxygen atoms in total. The second-order valence-electron chi connectivity index (χ2n) is 5.44. The summed E-state index contributed by atoms with van der Waals surface area (Å²) < 4.78 is 11.1. The van der Waals surface area contributed by atoms with Crippen molar-refractivity contribution in [3.63, 3.8) is 0 Å². The number of hydrogen-bond donors (Lipinski definition) is 1. The van der Waals surface area contributed by atoms with E-state index in [4.69, 9.17) is 9.47 Å². The number of rotatable bonds is 11. The van der Waals surface area contributed by atoms with Crippen molar-refractivity contribution in [2.24, 2.45) is 5.92 Å². The third kappa shape index (κ3) is 8.31. The van der Waals surface area contributed by atoms with Gasteiger partial charge in [0.2, 0.25) is 0 Å². The van der Waals surface area contributed by atoms with Gasteiger partial charge < -0.3 is 14.8 Å². The summed E-state index contributed by atoms with van der Waals surface area (Å²) in [7, 11) is 0. The summed E-state index contributed by atoms with van der Waals surface area (Å²) in [5.41, 5.74) is 2.59. The van der Waals surface area contributed by atoms with Crippen molar-refractivity contribution in [1.29, 1.82) is 0 Å². The van der Waals surface area contributed by atoms with Crippen LogP contribution >= 0.6 is 0 Å². The minimum absolute atomic E-state index is 0.588. The Morgan fingerprint density at radius 1 is 1.00 bits per heavy atom. The van der Waals surface area contributed by atoms with Crippen LogP contribution in [-0.4, -0.2) is 32.9 Å². The third-order valence-corrected chi connectivity index (χ3v) is 2.96. The predicted molar refractivity (Wildman–Crippen MR) is 84.0 cm³/mol. The fourth-order valence-corrected chi connectivity index (χ4v) is 1.84. The van der Waals surface area contributed by atoms with Crippen LogP contribution < -0.4 is 5.32 Å². The fourth-order valence-electron chi connectivity index (χ4n) is 1.84. The largest absolute Gasteiger partial charge is 0.379 e. The maximum Gasteiger partial charge on any atom is 0.0718 e. The van der Waals surface area contributed by atoms with Gasteiger partial charge in [-0.15, -0.1) is 0 Å². The van der Waals surface area contributed by atoms with Crippen LogP contribution in [0.4, 0.5) is 0 Å². The Labute approximate surface area is 123 Å². The molecule has 0 atom stereocenters. The summed E-state index contributed by atoms with van der Waals surface area (Å²) in [6, 6.07) is 8.67. The third-order valence-electron chi connectivity index (χ3n) is 2.96. The molecule has 0 radical (unpaired) electrons. The van der Waals surface area contributed by atoms with Gasteiger partial charge in [0, 0.05) is 6.61 Å². The molecule has 114 valence electrons. The summed E-state index contributed by atoms with van der Waals surface area (Å²) in [6.45, 7) is 11.3. The van der Waals surface area contributed by atoms with Crippen LogP contribution in [0.2, 0.25) is 0 Å². The molecule has 0 fully saturated rings. The van der Waals surface area contributed by atoms with Gasteiger partial charge in [-0.2, -0.15) is 0 Å². The van der Waals surface area contributed by atoms with E-state index in [1.165, 1.54) is 11.1 Å². The van der Waals surface area contributed by atoms with Crippen LogP contribution in [0, 0.1) is 5.92 Å². The van der Waals surface area contributed by atoms with Gasteiger partial charge >= 0.3 is 0 Å². The minimum atomic E-state index is 0.588. The number of likely N-dealkylation sites (N-methyl/N-ethyl adjacent to an activating group) is 1. The summed E-state index contributed by atoms with van der Waals surface area (Å²) >= 11 is 0. The molecule has 0 aliphatic carbocycles. The van der Waals surface area contributed by atoms with E-state index in [0.717, 1.165) is 26.1 Å². The molecule has 0 spiro atoms. The number of benzene rings is 1. The molecule has 20 heavy (non-hydrogen) atoms. The van der Waals surface area contributed by atoms with Gasteiger partial charge in [0.1, 0.15) is 0 Å². The lowest BCUT2D eigenvalue weighted by atomic mass is 10.1. The molecular formula is C17H29NO2. The van der Waals surface area contributed by atoms with Crippen LogP contribution in [0.1, 0.15) is 31.9 Å². The van der Waals surface area contributed by atoms with Crippen molar-refractivity contribution < 1.29 is 9.47 Å². The van der Waals surface area contributed by atoms with Gasteiger partial charge in [0.05, 0.1) is 19.8 Å². The molecule has 0 saturated heterocycles. The highest BCUT2D eigenvalue weighted by Gasteiger charge is 1.97. The van der Waals surface area contributed by atoms with Gasteiger partial charge in [0.25, 0.3) is 0 Å². The lowest BCUT2D eigenvalue weighted by Crippen LogP contribution is -2.15. The summed E-state index contributed by atoms with van der Waals surface area (Å²) in [5.74, 6) is 0.588. The van der Waals surface area contributed by atoms with Crippen LogP contribution in [0.3, 0.4) is 0 Å². The highest BCUT2D eigenvalue weighted by atomic mass is 16.5. The molecule has 1 N–H and O–H groups in total. The monoisotopic (exact) mass is 279 g/mol. The Bertz CT molecular complexity index is 335. The number of nitrogens with one attached hydrogen (secondary N) is 1. The lowest BCUT2D eigenvalue weighted by Gasteiger charge is -2.08. The zero-order valence-electron chi connectivity index (χ0n) is 13.2. The molecule has 3 heteroatoms. The molecule has 0 saturated carbocycles. The topological polar surface area (TPSA) is 30.5 Å². The molecule has 0 bridgehead atoms. The predicted octanol–water partition coefficient (Wildman–Crippen LogP) is 3.03. The standard InChI is InChI=1S/C17H29NO2/c1-4-18-10-9-16-5-7-17(8-6-16)14-20-12-11-19-13-15(2)3/h5-8,15,18H,4,9-14H2,1-3H3. The van der Waals surface area contributed by atoms with Gasteiger partial charge in [-0.05, 0) is 36.6 Å². The van der Waals surface area contributed by atoms with E-state index in [0.29, 0.717) is 25.7 Å². The van der Waals surface area contributed by atoms with E-state index in [-0.39, 0.29) is 0 Å². The van der Waals surface area contributed by atoms with E-state index >= 15 is 0 Å². The highest BCUT2D eigenvalue weighted by Crippen LogP contribution is 2.06. The molecule has 0 heterocycles. The normalized spacial score (nSPS) is 11.2. The van der Waals surface area contributed by atoms with Crippen molar-refractivity contribution in [2.45, 2.75) is 33.8 Å². The molecular weight excluding hydrogens is 250 g/mol. The van der Waals surface area contributed by atoms with E-state index in [1.54, 1.807) is 0 Å². The van der Waals surface area contributed by atoms with Crippen LogP contribution in [-0.2, 0) is 22.5 Å². The smallest absolute Gasteiger partial charge is 0.0718 e. The first kappa shape index (κ1) is 17.2. The molecule has 1 rings (SSSR count). The zero-order chi connectivity index (χ0) is 14.6. The molecule has 0 aliphatic heterocycles. The molecule has 0 amide bonds. The first-order valence-electron chi connectivity index (χ1n) is 7.66. The molecule has 0 aliphatic rings. The van der Waals surface area contributed by atoms with E-state index in [1.807, 2.05) is 0 Å². The maximum atomic E-state index is 5.60. The molecule has 1 aromatic carbocycles. The molecule has 0 unspecified atom stereocenters. The van der Waals surface area contributed by atoms with Crippen molar-refractivity contribution in [3.05, 3.63) is 35.4 Å². The van der Waals surface area contributed by atoms with Gasteiger partial charge in [-0.25, -0.2) is 0 Å². The average Bonchev–Trinajstić information content (AvgIpc) is 2.44. The van der Waals surface area contributed by atoms with Crippen LogP contribution in [0.25, 0.3) is 0 Å². The number of ether oxygens (including phenoxy) is 2. The zero-order valence-corrected chi connectivity index (χ0v) is 13.2. The van der Waals surface area contributed by atoms with Crippen molar-refractivity contribution in [2.75, 3.05) is 32.9 Å². The van der Waals surface area contributed by atoms with E-state index in [2.05, 4.69) is 50.4 Å². The fraction of sp³-hybridized carbons (Fsp3) is 0.647. The van der Waals surface area contributed by atoms with Crippen LogP contribution in [0.5, 0.6) is 0 Å². The Balaban J connectivity index is 2.11. The Morgan fingerprint density at radius 3 is 2.30 bits per heavy atom. The quantitative estimate of drug-likeness (QED) is 0.632. The van der Waals surface area contributed by atoms with E-state index < -0.39 is 0 Å². The van der Waals surface area contributed by atoms with Crippen molar-refractivity contribution in [3.8, 4) is 0 Å². The Hall–Kier alpha value is -0.900. The van der Waals surface area contributed by atoms with Gasteiger partial charge in [-0.1, -0.05) is 45.0 Å².